The van der Waals surface area contributed by atoms with Crippen LogP contribution in [0.1, 0.15) is 56.7 Å². The fourth-order valence-electron chi connectivity index (χ4n) is 3.62. The molecule has 0 aromatic heterocycles. The van der Waals surface area contributed by atoms with E-state index in [9.17, 15) is 0 Å². The number of benzene rings is 1. The number of hydrogen-bond donors (Lipinski definition) is 1. The van der Waals surface area contributed by atoms with Crippen LogP contribution in [-0.2, 0) is 0 Å². The normalized spacial score (nSPS) is 24.9. The molecule has 1 fully saturated rings. The number of rotatable bonds is 4. The molecule has 1 nitrogen and oxygen atoms in total. The largest absolute Gasteiger partial charge is 0.313 e. The number of halogens is 1. The highest BCUT2D eigenvalue weighted by molar-refractivity contribution is 6.31. The van der Waals surface area contributed by atoms with Gasteiger partial charge >= 0.3 is 0 Å². The van der Waals surface area contributed by atoms with Gasteiger partial charge in [-0.15, -0.1) is 0 Å². The number of hydrogen-bond acceptors (Lipinski definition) is 1. The Labute approximate surface area is 129 Å². The first-order chi connectivity index (χ1) is 9.52. The highest BCUT2D eigenvalue weighted by Gasteiger charge is 2.29. The number of nitrogens with one attached hydrogen (secondary N) is 1. The molecular formula is C18H28ClN. The first-order valence-electron chi connectivity index (χ1n) is 7.96. The zero-order valence-electron chi connectivity index (χ0n) is 13.2. The van der Waals surface area contributed by atoms with Crippen molar-refractivity contribution in [2.45, 2.75) is 52.5 Å². The van der Waals surface area contributed by atoms with Gasteiger partial charge in [0.25, 0.3) is 0 Å². The van der Waals surface area contributed by atoms with Crippen LogP contribution in [0.5, 0.6) is 0 Å². The summed E-state index contributed by atoms with van der Waals surface area (Å²) in [6.45, 7) is 6.79. The minimum atomic E-state index is 0.446. The molecule has 1 aliphatic rings. The lowest BCUT2D eigenvalue weighted by atomic mass is 9.73. The van der Waals surface area contributed by atoms with Crippen LogP contribution < -0.4 is 5.32 Å². The van der Waals surface area contributed by atoms with E-state index in [0.29, 0.717) is 6.04 Å². The maximum atomic E-state index is 6.29. The Morgan fingerprint density at radius 3 is 2.20 bits per heavy atom. The molecule has 0 radical (unpaired) electrons. The van der Waals surface area contributed by atoms with Gasteiger partial charge in [-0.05, 0) is 74.6 Å². The van der Waals surface area contributed by atoms with Crippen molar-refractivity contribution in [2.75, 3.05) is 7.05 Å². The third-order valence-corrected chi connectivity index (χ3v) is 5.50. The molecule has 112 valence electrons. The van der Waals surface area contributed by atoms with Gasteiger partial charge in [0.15, 0.2) is 0 Å². The summed E-state index contributed by atoms with van der Waals surface area (Å²) in [6.07, 6.45) is 5.42. The molecule has 1 saturated carbocycles. The standard InChI is InChI=1S/C18H28ClN/c1-12(2)14-7-9-15(10-8-14)18(20-4)16-6-5-13(3)17(19)11-16/h5-6,11-12,14-15,18,20H,7-10H2,1-4H3. The first kappa shape index (κ1) is 15.9. The van der Waals surface area contributed by atoms with Crippen LogP contribution in [0.4, 0.5) is 0 Å². The quantitative estimate of drug-likeness (QED) is 0.787. The van der Waals surface area contributed by atoms with Crippen LogP contribution >= 0.6 is 11.6 Å². The van der Waals surface area contributed by atoms with Crippen LogP contribution in [0.2, 0.25) is 5.02 Å². The molecule has 0 aliphatic heterocycles. The summed E-state index contributed by atoms with van der Waals surface area (Å²) in [6, 6.07) is 6.96. The van der Waals surface area contributed by atoms with E-state index in [1.165, 1.54) is 31.2 Å². The van der Waals surface area contributed by atoms with E-state index in [2.05, 4.69) is 51.3 Å². The molecule has 0 heterocycles. The Balaban J connectivity index is 2.07. The third-order valence-electron chi connectivity index (χ3n) is 5.10. The Kier molecular flexibility index (Phi) is 5.51. The lowest BCUT2D eigenvalue weighted by Gasteiger charge is -2.35. The fraction of sp³-hybridized carbons (Fsp3) is 0.667. The molecular weight excluding hydrogens is 266 g/mol. The van der Waals surface area contributed by atoms with E-state index in [4.69, 9.17) is 11.6 Å². The summed E-state index contributed by atoms with van der Waals surface area (Å²) >= 11 is 6.29. The van der Waals surface area contributed by atoms with Crippen molar-refractivity contribution in [3.63, 3.8) is 0 Å². The highest BCUT2D eigenvalue weighted by atomic mass is 35.5. The van der Waals surface area contributed by atoms with Crippen molar-refractivity contribution >= 4 is 11.6 Å². The van der Waals surface area contributed by atoms with E-state index in [1.54, 1.807) is 0 Å². The first-order valence-corrected chi connectivity index (χ1v) is 8.34. The second-order valence-corrected chi connectivity index (χ2v) is 7.10. The molecule has 2 rings (SSSR count). The van der Waals surface area contributed by atoms with Crippen LogP contribution in [0, 0.1) is 24.7 Å². The minimum absolute atomic E-state index is 0.446. The molecule has 20 heavy (non-hydrogen) atoms. The summed E-state index contributed by atoms with van der Waals surface area (Å²) in [7, 11) is 2.08. The van der Waals surface area contributed by atoms with Crippen LogP contribution in [0.25, 0.3) is 0 Å². The van der Waals surface area contributed by atoms with Crippen LogP contribution in [-0.4, -0.2) is 7.05 Å². The van der Waals surface area contributed by atoms with Crippen molar-refractivity contribution in [2.24, 2.45) is 17.8 Å². The van der Waals surface area contributed by atoms with Crippen LogP contribution in [0.3, 0.4) is 0 Å². The number of aryl methyl sites for hydroxylation is 1. The van der Waals surface area contributed by atoms with Gasteiger partial charge in [-0.2, -0.15) is 0 Å². The Hall–Kier alpha value is -0.530. The maximum Gasteiger partial charge on any atom is 0.0438 e. The highest BCUT2D eigenvalue weighted by Crippen LogP contribution is 2.39. The van der Waals surface area contributed by atoms with Crippen molar-refractivity contribution in [3.8, 4) is 0 Å². The molecule has 0 spiro atoms. The van der Waals surface area contributed by atoms with E-state index in [1.807, 2.05) is 0 Å². The van der Waals surface area contributed by atoms with Crippen molar-refractivity contribution in [3.05, 3.63) is 34.3 Å². The SMILES string of the molecule is CNC(c1ccc(C)c(Cl)c1)C1CCC(C(C)C)CC1. The third kappa shape index (κ3) is 3.56. The lowest BCUT2D eigenvalue weighted by molar-refractivity contribution is 0.192. The topological polar surface area (TPSA) is 12.0 Å². The van der Waals surface area contributed by atoms with Gasteiger partial charge in [0.05, 0.1) is 0 Å². The zero-order chi connectivity index (χ0) is 14.7. The summed E-state index contributed by atoms with van der Waals surface area (Å²) in [4.78, 5) is 0. The summed E-state index contributed by atoms with van der Waals surface area (Å²) in [5, 5.41) is 4.41. The van der Waals surface area contributed by atoms with Crippen LogP contribution in [0.15, 0.2) is 18.2 Å². The summed E-state index contributed by atoms with van der Waals surface area (Å²) in [5.74, 6) is 2.50. The van der Waals surface area contributed by atoms with E-state index < -0.39 is 0 Å². The zero-order valence-corrected chi connectivity index (χ0v) is 14.0. The summed E-state index contributed by atoms with van der Waals surface area (Å²) in [5.41, 5.74) is 2.50. The smallest absolute Gasteiger partial charge is 0.0438 e. The predicted octanol–water partition coefficient (Wildman–Crippen LogP) is 5.37. The fourth-order valence-corrected chi connectivity index (χ4v) is 3.81. The second-order valence-electron chi connectivity index (χ2n) is 6.69. The van der Waals surface area contributed by atoms with E-state index >= 15 is 0 Å². The maximum absolute atomic E-state index is 6.29. The minimum Gasteiger partial charge on any atom is -0.313 e. The predicted molar refractivity (Wildman–Crippen MR) is 88.3 cm³/mol. The second kappa shape index (κ2) is 6.95. The molecule has 0 saturated heterocycles. The Morgan fingerprint density at radius 2 is 1.70 bits per heavy atom. The van der Waals surface area contributed by atoms with Gasteiger partial charge in [0.1, 0.15) is 0 Å². The van der Waals surface area contributed by atoms with Gasteiger partial charge in [-0.25, -0.2) is 0 Å². The molecule has 1 aromatic rings. The monoisotopic (exact) mass is 293 g/mol. The molecule has 0 bridgehead atoms. The average Bonchev–Trinajstić information content (AvgIpc) is 2.44. The molecule has 1 aliphatic carbocycles. The molecule has 2 heteroatoms. The van der Waals surface area contributed by atoms with Crippen molar-refractivity contribution < 1.29 is 0 Å². The Morgan fingerprint density at radius 1 is 1.10 bits per heavy atom. The average molecular weight is 294 g/mol. The van der Waals surface area contributed by atoms with E-state index in [0.717, 1.165) is 28.3 Å². The van der Waals surface area contributed by atoms with Crippen molar-refractivity contribution in [1.29, 1.82) is 0 Å². The van der Waals surface area contributed by atoms with Gasteiger partial charge in [0, 0.05) is 11.1 Å². The van der Waals surface area contributed by atoms with Gasteiger partial charge in [-0.3, -0.25) is 0 Å². The van der Waals surface area contributed by atoms with Gasteiger partial charge in [0.2, 0.25) is 0 Å². The molecule has 1 N–H and O–H groups in total. The van der Waals surface area contributed by atoms with Gasteiger partial charge < -0.3 is 5.32 Å². The van der Waals surface area contributed by atoms with Crippen molar-refractivity contribution in [1.82, 2.24) is 5.32 Å². The molecule has 1 atom stereocenters. The molecule has 1 unspecified atom stereocenters. The molecule has 0 amide bonds. The molecule has 1 aromatic carbocycles. The van der Waals surface area contributed by atoms with E-state index in [-0.39, 0.29) is 0 Å². The summed E-state index contributed by atoms with van der Waals surface area (Å²) < 4.78 is 0. The Bertz CT molecular complexity index is 433. The lowest BCUT2D eigenvalue weighted by Crippen LogP contribution is -2.29. The van der Waals surface area contributed by atoms with Gasteiger partial charge in [-0.1, -0.05) is 37.6 Å².